The summed E-state index contributed by atoms with van der Waals surface area (Å²) in [5.74, 6) is 0.983. The van der Waals surface area contributed by atoms with Crippen molar-refractivity contribution in [3.63, 3.8) is 0 Å². The zero-order valence-electron chi connectivity index (χ0n) is 9.34. The first kappa shape index (κ1) is 11.0. The smallest absolute Gasteiger partial charge is 0.0104 e. The second-order valence-electron chi connectivity index (χ2n) is 4.38. The summed E-state index contributed by atoms with van der Waals surface area (Å²) in [6.45, 7) is 8.10. The lowest BCUT2D eigenvalue weighted by atomic mass is 10.2. The number of likely N-dealkylation sites (N-methyl/N-ethyl adjacent to an activating group) is 1. The lowest BCUT2D eigenvalue weighted by Crippen LogP contribution is -2.35. The second-order valence-corrected chi connectivity index (χ2v) is 4.38. The van der Waals surface area contributed by atoms with Crippen molar-refractivity contribution in [3.05, 3.63) is 0 Å². The lowest BCUT2D eigenvalue weighted by molar-refractivity contribution is 0.322. The second kappa shape index (κ2) is 5.61. The number of hydrogen-bond donors (Lipinski definition) is 1. The maximum absolute atomic E-state index is 3.59. The maximum Gasteiger partial charge on any atom is 0.0104 e. The Morgan fingerprint density at radius 3 is 2.62 bits per heavy atom. The van der Waals surface area contributed by atoms with Crippen molar-refractivity contribution < 1.29 is 0 Å². The summed E-state index contributed by atoms with van der Waals surface area (Å²) in [6, 6.07) is 0.745. The van der Waals surface area contributed by atoms with Gasteiger partial charge in [-0.25, -0.2) is 0 Å². The molecule has 0 aromatic rings. The molecule has 1 saturated carbocycles. The number of nitrogens with zero attached hydrogens (tertiary/aromatic N) is 1. The Kier molecular flexibility index (Phi) is 4.74. The van der Waals surface area contributed by atoms with Crippen LogP contribution in [0.25, 0.3) is 0 Å². The van der Waals surface area contributed by atoms with Gasteiger partial charge in [0, 0.05) is 19.1 Å². The van der Waals surface area contributed by atoms with Crippen LogP contribution >= 0.6 is 0 Å². The van der Waals surface area contributed by atoms with E-state index in [1.165, 1.54) is 32.4 Å². The fraction of sp³-hybridized carbons (Fsp3) is 1.00. The van der Waals surface area contributed by atoms with E-state index in [1.54, 1.807) is 0 Å². The third-order valence-electron chi connectivity index (χ3n) is 2.89. The molecule has 0 aliphatic heterocycles. The molecular formula is C11H24N2. The molecule has 1 rings (SSSR count). The van der Waals surface area contributed by atoms with Crippen molar-refractivity contribution in [3.8, 4) is 0 Å². The molecular weight excluding hydrogens is 160 g/mol. The van der Waals surface area contributed by atoms with Gasteiger partial charge in [0.1, 0.15) is 0 Å². The first-order chi connectivity index (χ1) is 6.24. The summed E-state index contributed by atoms with van der Waals surface area (Å²) in [5.41, 5.74) is 0. The molecule has 0 aromatic heterocycles. The van der Waals surface area contributed by atoms with Crippen molar-refractivity contribution in [2.75, 3.05) is 26.7 Å². The molecule has 1 atom stereocenters. The topological polar surface area (TPSA) is 15.3 Å². The molecule has 1 aliphatic rings. The fourth-order valence-corrected chi connectivity index (χ4v) is 1.74. The van der Waals surface area contributed by atoms with Gasteiger partial charge >= 0.3 is 0 Å². The van der Waals surface area contributed by atoms with Gasteiger partial charge in [0.2, 0.25) is 0 Å². The molecule has 0 heterocycles. The minimum atomic E-state index is 0.745. The monoisotopic (exact) mass is 184 g/mol. The van der Waals surface area contributed by atoms with Crippen LogP contribution in [-0.4, -0.2) is 37.6 Å². The van der Waals surface area contributed by atoms with Crippen LogP contribution in [0.2, 0.25) is 0 Å². The van der Waals surface area contributed by atoms with E-state index in [2.05, 4.69) is 31.1 Å². The Bertz CT molecular complexity index is 132. The van der Waals surface area contributed by atoms with E-state index < -0.39 is 0 Å². The Labute approximate surface area is 82.7 Å². The SMILES string of the molecule is CCCN(C)CCNC(C)C1CC1. The van der Waals surface area contributed by atoms with Crippen LogP contribution in [0.5, 0.6) is 0 Å². The van der Waals surface area contributed by atoms with Gasteiger partial charge in [0.05, 0.1) is 0 Å². The molecule has 1 unspecified atom stereocenters. The zero-order valence-corrected chi connectivity index (χ0v) is 9.34. The maximum atomic E-state index is 3.59. The van der Waals surface area contributed by atoms with Crippen molar-refractivity contribution in [2.45, 2.75) is 39.2 Å². The third kappa shape index (κ3) is 4.63. The highest BCUT2D eigenvalue weighted by atomic mass is 15.1. The summed E-state index contributed by atoms with van der Waals surface area (Å²) in [4.78, 5) is 2.40. The molecule has 2 heteroatoms. The molecule has 0 saturated heterocycles. The van der Waals surface area contributed by atoms with E-state index in [9.17, 15) is 0 Å². The van der Waals surface area contributed by atoms with Crippen LogP contribution in [0, 0.1) is 5.92 Å². The summed E-state index contributed by atoms with van der Waals surface area (Å²) < 4.78 is 0. The Balaban J connectivity index is 1.92. The molecule has 0 bridgehead atoms. The first-order valence-corrected chi connectivity index (χ1v) is 5.66. The predicted octanol–water partition coefficient (Wildman–Crippen LogP) is 1.72. The average Bonchev–Trinajstić information content (AvgIpc) is 2.86. The van der Waals surface area contributed by atoms with Gasteiger partial charge < -0.3 is 10.2 Å². The van der Waals surface area contributed by atoms with Gasteiger partial charge in [-0.1, -0.05) is 6.92 Å². The summed E-state index contributed by atoms with van der Waals surface area (Å²) in [5, 5.41) is 3.59. The Morgan fingerprint density at radius 1 is 1.38 bits per heavy atom. The highest BCUT2D eigenvalue weighted by Crippen LogP contribution is 2.32. The van der Waals surface area contributed by atoms with E-state index in [-0.39, 0.29) is 0 Å². The van der Waals surface area contributed by atoms with Gasteiger partial charge in [0.15, 0.2) is 0 Å². The summed E-state index contributed by atoms with van der Waals surface area (Å²) in [6.07, 6.45) is 4.15. The molecule has 0 spiro atoms. The van der Waals surface area contributed by atoms with Gasteiger partial charge in [-0.15, -0.1) is 0 Å². The molecule has 1 aliphatic carbocycles. The minimum absolute atomic E-state index is 0.745. The van der Waals surface area contributed by atoms with E-state index in [0.29, 0.717) is 0 Å². The number of nitrogens with one attached hydrogen (secondary N) is 1. The van der Waals surface area contributed by atoms with E-state index in [1.807, 2.05) is 0 Å². The average molecular weight is 184 g/mol. The third-order valence-corrected chi connectivity index (χ3v) is 2.89. The highest BCUT2D eigenvalue weighted by molar-refractivity contribution is 4.83. The lowest BCUT2D eigenvalue weighted by Gasteiger charge is -2.18. The molecule has 0 aromatic carbocycles. The Hall–Kier alpha value is -0.0800. The van der Waals surface area contributed by atoms with Crippen molar-refractivity contribution >= 4 is 0 Å². The minimum Gasteiger partial charge on any atom is -0.313 e. The van der Waals surface area contributed by atoms with Crippen LogP contribution in [0.15, 0.2) is 0 Å². The quantitative estimate of drug-likeness (QED) is 0.648. The van der Waals surface area contributed by atoms with Crippen LogP contribution in [0.1, 0.15) is 33.1 Å². The Morgan fingerprint density at radius 2 is 2.08 bits per heavy atom. The van der Waals surface area contributed by atoms with Gasteiger partial charge in [0.25, 0.3) is 0 Å². The van der Waals surface area contributed by atoms with Crippen LogP contribution < -0.4 is 5.32 Å². The predicted molar refractivity (Wildman–Crippen MR) is 58.0 cm³/mol. The summed E-state index contributed by atoms with van der Waals surface area (Å²) >= 11 is 0. The van der Waals surface area contributed by atoms with E-state index in [0.717, 1.165) is 18.5 Å². The van der Waals surface area contributed by atoms with Crippen molar-refractivity contribution in [1.82, 2.24) is 10.2 Å². The highest BCUT2D eigenvalue weighted by Gasteiger charge is 2.27. The number of hydrogen-bond acceptors (Lipinski definition) is 2. The zero-order chi connectivity index (χ0) is 9.68. The van der Waals surface area contributed by atoms with Crippen molar-refractivity contribution in [1.29, 1.82) is 0 Å². The molecule has 78 valence electrons. The molecule has 1 N–H and O–H groups in total. The van der Waals surface area contributed by atoms with Crippen molar-refractivity contribution in [2.24, 2.45) is 5.92 Å². The van der Waals surface area contributed by atoms with Crippen LogP contribution in [0.4, 0.5) is 0 Å². The largest absolute Gasteiger partial charge is 0.313 e. The molecule has 0 radical (unpaired) electrons. The molecule has 1 fully saturated rings. The van der Waals surface area contributed by atoms with Gasteiger partial charge in [-0.05, 0) is 45.7 Å². The van der Waals surface area contributed by atoms with Gasteiger partial charge in [-0.3, -0.25) is 0 Å². The number of rotatable bonds is 7. The summed E-state index contributed by atoms with van der Waals surface area (Å²) in [7, 11) is 2.20. The molecule has 0 amide bonds. The first-order valence-electron chi connectivity index (χ1n) is 5.66. The van der Waals surface area contributed by atoms with Crippen LogP contribution in [-0.2, 0) is 0 Å². The van der Waals surface area contributed by atoms with Crippen LogP contribution in [0.3, 0.4) is 0 Å². The standard InChI is InChI=1S/C11H24N2/c1-4-8-13(3)9-7-12-10(2)11-5-6-11/h10-12H,4-9H2,1-3H3. The molecule has 13 heavy (non-hydrogen) atoms. The van der Waals surface area contributed by atoms with E-state index in [4.69, 9.17) is 0 Å². The molecule has 2 nitrogen and oxygen atoms in total. The fourth-order valence-electron chi connectivity index (χ4n) is 1.74. The van der Waals surface area contributed by atoms with E-state index >= 15 is 0 Å². The normalized spacial score (nSPS) is 19.4. The van der Waals surface area contributed by atoms with Gasteiger partial charge in [-0.2, -0.15) is 0 Å².